The van der Waals surface area contributed by atoms with Gasteiger partial charge in [0.05, 0.1) is 0 Å². The summed E-state index contributed by atoms with van der Waals surface area (Å²) >= 11 is 0. The van der Waals surface area contributed by atoms with Crippen LogP contribution in [0.25, 0.3) is 0 Å². The van der Waals surface area contributed by atoms with Crippen molar-refractivity contribution in [1.29, 1.82) is 0 Å². The van der Waals surface area contributed by atoms with Gasteiger partial charge < -0.3 is 15.4 Å². The molecule has 4 nitrogen and oxygen atoms in total. The Bertz CT molecular complexity index is 273. The van der Waals surface area contributed by atoms with Crippen LogP contribution in [0, 0.1) is 0 Å². The van der Waals surface area contributed by atoms with Crippen LogP contribution in [0.4, 0.5) is 4.79 Å². The van der Waals surface area contributed by atoms with Gasteiger partial charge in [-0.25, -0.2) is 4.79 Å². The maximum Gasteiger partial charge on any atom is 0.407 e. The lowest BCUT2D eigenvalue weighted by atomic mass is 10.1. The SMILES string of the molecule is CCCC(CC)NC1CC1NC(=O)OC(C)(C)C. The fraction of sp³-hybridized carbons (Fsp3) is 0.929. The van der Waals surface area contributed by atoms with Crippen LogP contribution < -0.4 is 10.6 Å². The van der Waals surface area contributed by atoms with Gasteiger partial charge in [-0.2, -0.15) is 0 Å². The van der Waals surface area contributed by atoms with E-state index in [1.54, 1.807) is 0 Å². The van der Waals surface area contributed by atoms with Crippen LogP contribution in [0.3, 0.4) is 0 Å². The Morgan fingerprint density at radius 1 is 1.33 bits per heavy atom. The van der Waals surface area contributed by atoms with Crippen LogP contribution in [0.2, 0.25) is 0 Å². The molecule has 18 heavy (non-hydrogen) atoms. The summed E-state index contributed by atoms with van der Waals surface area (Å²) in [5, 5.41) is 6.50. The fourth-order valence-corrected chi connectivity index (χ4v) is 2.05. The maximum absolute atomic E-state index is 11.6. The molecule has 0 saturated heterocycles. The summed E-state index contributed by atoms with van der Waals surface area (Å²) in [5.74, 6) is 0. The largest absolute Gasteiger partial charge is 0.444 e. The Morgan fingerprint density at radius 3 is 2.50 bits per heavy atom. The van der Waals surface area contributed by atoms with Crippen molar-refractivity contribution in [3.05, 3.63) is 0 Å². The van der Waals surface area contributed by atoms with Gasteiger partial charge in [0.2, 0.25) is 0 Å². The molecule has 0 radical (unpaired) electrons. The summed E-state index contributed by atoms with van der Waals surface area (Å²) in [4.78, 5) is 11.6. The van der Waals surface area contributed by atoms with E-state index >= 15 is 0 Å². The first-order valence-corrected chi connectivity index (χ1v) is 7.11. The van der Waals surface area contributed by atoms with Crippen molar-refractivity contribution in [2.24, 2.45) is 0 Å². The third-order valence-corrected chi connectivity index (χ3v) is 3.07. The number of ether oxygens (including phenoxy) is 1. The summed E-state index contributed by atoms with van der Waals surface area (Å²) in [5.41, 5.74) is -0.421. The highest BCUT2D eigenvalue weighted by molar-refractivity contribution is 5.68. The number of amides is 1. The van der Waals surface area contributed by atoms with Gasteiger partial charge >= 0.3 is 6.09 Å². The van der Waals surface area contributed by atoms with E-state index in [1.165, 1.54) is 12.8 Å². The fourth-order valence-electron chi connectivity index (χ4n) is 2.05. The monoisotopic (exact) mass is 256 g/mol. The van der Waals surface area contributed by atoms with Crippen molar-refractivity contribution in [2.45, 2.75) is 84.0 Å². The van der Waals surface area contributed by atoms with E-state index in [0.29, 0.717) is 12.1 Å². The first-order valence-electron chi connectivity index (χ1n) is 7.11. The van der Waals surface area contributed by atoms with Crippen LogP contribution in [-0.2, 0) is 4.74 Å². The minimum atomic E-state index is -0.421. The molecule has 3 atom stereocenters. The number of nitrogens with one attached hydrogen (secondary N) is 2. The third-order valence-electron chi connectivity index (χ3n) is 3.07. The van der Waals surface area contributed by atoms with E-state index in [2.05, 4.69) is 24.5 Å². The minimum absolute atomic E-state index is 0.241. The topological polar surface area (TPSA) is 50.4 Å². The molecule has 1 aliphatic rings. The quantitative estimate of drug-likeness (QED) is 0.768. The Kier molecular flexibility index (Phi) is 5.45. The number of rotatable bonds is 6. The zero-order valence-corrected chi connectivity index (χ0v) is 12.4. The highest BCUT2D eigenvalue weighted by atomic mass is 16.6. The summed E-state index contributed by atoms with van der Waals surface area (Å²) in [7, 11) is 0. The van der Waals surface area contributed by atoms with Gasteiger partial charge in [-0.1, -0.05) is 20.3 Å². The number of carbonyl (C=O) groups excluding carboxylic acids is 1. The van der Waals surface area contributed by atoms with Crippen molar-refractivity contribution in [3.63, 3.8) is 0 Å². The lowest BCUT2D eigenvalue weighted by molar-refractivity contribution is 0.0521. The first-order chi connectivity index (χ1) is 8.35. The molecule has 1 aliphatic carbocycles. The average molecular weight is 256 g/mol. The highest BCUT2D eigenvalue weighted by Crippen LogP contribution is 2.23. The molecule has 0 spiro atoms. The third kappa shape index (κ3) is 5.71. The van der Waals surface area contributed by atoms with Gasteiger partial charge in [0.1, 0.15) is 5.60 Å². The smallest absolute Gasteiger partial charge is 0.407 e. The molecule has 3 unspecified atom stereocenters. The van der Waals surface area contributed by atoms with Crippen LogP contribution in [0.5, 0.6) is 0 Å². The van der Waals surface area contributed by atoms with E-state index in [-0.39, 0.29) is 12.1 Å². The molecule has 1 saturated carbocycles. The average Bonchev–Trinajstić information content (AvgIpc) is 2.92. The second-order valence-electron chi connectivity index (χ2n) is 6.16. The first kappa shape index (κ1) is 15.3. The highest BCUT2D eigenvalue weighted by Gasteiger charge is 2.39. The number of hydrogen-bond donors (Lipinski definition) is 2. The molecule has 1 rings (SSSR count). The second kappa shape index (κ2) is 6.41. The summed E-state index contributed by atoms with van der Waals surface area (Å²) in [6, 6.07) is 1.24. The van der Waals surface area contributed by atoms with Gasteiger partial charge in [-0.15, -0.1) is 0 Å². The Labute approximate surface area is 111 Å². The molecule has 0 bridgehead atoms. The van der Waals surface area contributed by atoms with Gasteiger partial charge in [-0.3, -0.25) is 0 Å². The molecule has 0 aliphatic heterocycles. The van der Waals surface area contributed by atoms with Crippen molar-refractivity contribution in [3.8, 4) is 0 Å². The van der Waals surface area contributed by atoms with E-state index in [9.17, 15) is 4.79 Å². The van der Waals surface area contributed by atoms with Crippen LogP contribution in [0.1, 0.15) is 60.3 Å². The van der Waals surface area contributed by atoms with Gasteiger partial charge in [-0.05, 0) is 40.0 Å². The molecule has 0 aromatic heterocycles. The summed E-state index contributed by atoms with van der Waals surface area (Å²) in [6.07, 6.45) is 4.25. The van der Waals surface area contributed by atoms with Crippen molar-refractivity contribution >= 4 is 6.09 Å². The molecule has 4 heteroatoms. The Hall–Kier alpha value is -0.770. The van der Waals surface area contributed by atoms with Crippen LogP contribution >= 0.6 is 0 Å². The van der Waals surface area contributed by atoms with E-state index < -0.39 is 5.60 Å². The molecule has 1 fully saturated rings. The standard InChI is InChI=1S/C14H28N2O2/c1-6-8-10(7-2)15-11-9-12(11)16-13(17)18-14(3,4)5/h10-12,15H,6-9H2,1-5H3,(H,16,17). The van der Waals surface area contributed by atoms with Crippen molar-refractivity contribution in [1.82, 2.24) is 10.6 Å². The van der Waals surface area contributed by atoms with Crippen molar-refractivity contribution < 1.29 is 9.53 Å². The summed E-state index contributed by atoms with van der Waals surface area (Å²) < 4.78 is 5.24. The Morgan fingerprint density at radius 2 is 2.00 bits per heavy atom. The predicted molar refractivity (Wildman–Crippen MR) is 73.7 cm³/mol. The lowest BCUT2D eigenvalue weighted by Gasteiger charge is -2.20. The number of carbonyl (C=O) groups is 1. The van der Waals surface area contributed by atoms with Crippen LogP contribution in [-0.4, -0.2) is 29.8 Å². The molecule has 0 heterocycles. The molecule has 0 aromatic carbocycles. The molecular weight excluding hydrogens is 228 g/mol. The predicted octanol–water partition coefficient (Wildman–Crippen LogP) is 2.82. The lowest BCUT2D eigenvalue weighted by Crippen LogP contribution is -2.39. The Balaban J connectivity index is 2.22. The molecule has 1 amide bonds. The zero-order valence-electron chi connectivity index (χ0n) is 12.4. The van der Waals surface area contributed by atoms with Gasteiger partial charge in [0.25, 0.3) is 0 Å². The van der Waals surface area contributed by atoms with Crippen LogP contribution in [0.15, 0.2) is 0 Å². The molecular formula is C14H28N2O2. The molecule has 106 valence electrons. The minimum Gasteiger partial charge on any atom is -0.444 e. The number of alkyl carbamates (subject to hydrolysis) is 1. The van der Waals surface area contributed by atoms with E-state index in [0.717, 1.165) is 12.8 Å². The zero-order chi connectivity index (χ0) is 13.8. The molecule has 2 N–H and O–H groups in total. The van der Waals surface area contributed by atoms with E-state index in [4.69, 9.17) is 4.74 Å². The second-order valence-corrected chi connectivity index (χ2v) is 6.16. The summed E-state index contributed by atoms with van der Waals surface area (Å²) in [6.45, 7) is 10.0. The maximum atomic E-state index is 11.6. The molecule has 0 aromatic rings. The van der Waals surface area contributed by atoms with Gasteiger partial charge in [0.15, 0.2) is 0 Å². The normalized spacial score (nSPS) is 24.5. The van der Waals surface area contributed by atoms with E-state index in [1.807, 2.05) is 20.8 Å². The van der Waals surface area contributed by atoms with Gasteiger partial charge in [0, 0.05) is 18.1 Å². The number of hydrogen-bond acceptors (Lipinski definition) is 3. The van der Waals surface area contributed by atoms with Crippen molar-refractivity contribution in [2.75, 3.05) is 0 Å².